The third-order valence-corrected chi connectivity index (χ3v) is 9.79. The summed E-state index contributed by atoms with van der Waals surface area (Å²) in [4.78, 5) is 17.8. The van der Waals surface area contributed by atoms with Crippen molar-refractivity contribution in [2.45, 2.75) is 0 Å². The molecule has 10 rings (SSSR count). The standard InChI is InChI=1S/C47H31N5/c1-3-15-32(16-4-1)36-19-7-8-20-37(36)42-31-41(48-46(49-42)34-17-5-2-6-18-34)33-27-29-35(30-28-33)51-43-24-12-9-21-38(43)39-22-10-13-25-44(39)52-45-26-14-11-23-40(45)50-47(51)52/h1-31H. The first-order valence-electron chi connectivity index (χ1n) is 17.5. The lowest BCUT2D eigenvalue weighted by atomic mass is 9.96. The van der Waals surface area contributed by atoms with Crippen molar-refractivity contribution in [3.63, 3.8) is 0 Å². The molecule has 7 aromatic carbocycles. The highest BCUT2D eigenvalue weighted by Gasteiger charge is 2.29. The number of nitrogens with zero attached hydrogens (tertiary/aromatic N) is 5. The molecule has 0 aliphatic carbocycles. The van der Waals surface area contributed by atoms with Gasteiger partial charge in [-0.1, -0.05) is 146 Å². The molecule has 0 atom stereocenters. The number of para-hydroxylation sites is 4. The molecule has 52 heavy (non-hydrogen) atoms. The van der Waals surface area contributed by atoms with Gasteiger partial charge in [-0.15, -0.1) is 0 Å². The van der Waals surface area contributed by atoms with Gasteiger partial charge in [0.05, 0.1) is 33.8 Å². The molecule has 1 aliphatic heterocycles. The van der Waals surface area contributed by atoms with Crippen LogP contribution in [0.3, 0.4) is 0 Å². The van der Waals surface area contributed by atoms with Crippen molar-refractivity contribution in [2.24, 2.45) is 0 Å². The zero-order chi connectivity index (χ0) is 34.4. The third-order valence-electron chi connectivity index (χ3n) is 9.79. The van der Waals surface area contributed by atoms with Gasteiger partial charge >= 0.3 is 0 Å². The van der Waals surface area contributed by atoms with E-state index in [4.69, 9.17) is 15.0 Å². The van der Waals surface area contributed by atoms with E-state index in [1.165, 1.54) is 5.56 Å². The molecule has 9 aromatic rings. The fourth-order valence-electron chi connectivity index (χ4n) is 7.36. The second-order valence-electron chi connectivity index (χ2n) is 12.9. The van der Waals surface area contributed by atoms with Crippen molar-refractivity contribution in [1.82, 2.24) is 19.5 Å². The van der Waals surface area contributed by atoms with E-state index < -0.39 is 0 Å². The lowest BCUT2D eigenvalue weighted by molar-refractivity contribution is 1.05. The molecule has 2 aromatic heterocycles. The Kier molecular flexibility index (Phi) is 7.07. The van der Waals surface area contributed by atoms with Crippen LogP contribution < -0.4 is 4.90 Å². The molecule has 5 nitrogen and oxygen atoms in total. The molecule has 0 unspecified atom stereocenters. The smallest absolute Gasteiger partial charge is 0.220 e. The molecule has 3 heterocycles. The molecule has 0 spiro atoms. The van der Waals surface area contributed by atoms with Crippen LogP contribution in [0.5, 0.6) is 0 Å². The fraction of sp³-hybridized carbons (Fsp3) is 0. The van der Waals surface area contributed by atoms with Gasteiger partial charge in [0.1, 0.15) is 0 Å². The summed E-state index contributed by atoms with van der Waals surface area (Å²) in [7, 11) is 0. The Balaban J connectivity index is 1.14. The Bertz CT molecular complexity index is 2730. The summed E-state index contributed by atoms with van der Waals surface area (Å²) >= 11 is 0. The van der Waals surface area contributed by atoms with E-state index in [9.17, 15) is 0 Å². The summed E-state index contributed by atoms with van der Waals surface area (Å²) in [5, 5.41) is 0. The van der Waals surface area contributed by atoms with E-state index in [1.54, 1.807) is 0 Å². The van der Waals surface area contributed by atoms with E-state index in [-0.39, 0.29) is 0 Å². The minimum absolute atomic E-state index is 0.688. The van der Waals surface area contributed by atoms with E-state index in [0.29, 0.717) is 5.82 Å². The molecule has 5 heteroatoms. The molecule has 0 radical (unpaired) electrons. The van der Waals surface area contributed by atoms with Crippen LogP contribution in [0.4, 0.5) is 17.3 Å². The number of rotatable bonds is 5. The van der Waals surface area contributed by atoms with Gasteiger partial charge in [-0.3, -0.25) is 9.47 Å². The number of anilines is 3. The number of fused-ring (bicyclic) bond motifs is 7. The topological polar surface area (TPSA) is 46.8 Å². The Morgan fingerprint density at radius 1 is 0.365 bits per heavy atom. The van der Waals surface area contributed by atoms with Crippen LogP contribution >= 0.6 is 0 Å². The Morgan fingerprint density at radius 2 is 0.923 bits per heavy atom. The first kappa shape index (κ1) is 29.8. The first-order chi connectivity index (χ1) is 25.8. The summed E-state index contributed by atoms with van der Waals surface area (Å²) in [6.07, 6.45) is 0. The van der Waals surface area contributed by atoms with Crippen LogP contribution in [-0.4, -0.2) is 19.5 Å². The summed E-state index contributed by atoms with van der Waals surface area (Å²) in [6.45, 7) is 0. The van der Waals surface area contributed by atoms with Gasteiger partial charge in [-0.25, -0.2) is 15.0 Å². The van der Waals surface area contributed by atoms with Crippen LogP contribution in [-0.2, 0) is 0 Å². The Morgan fingerprint density at radius 3 is 1.67 bits per heavy atom. The molecular formula is C47H31N5. The molecular weight excluding hydrogens is 635 g/mol. The van der Waals surface area contributed by atoms with Gasteiger partial charge in [0, 0.05) is 33.5 Å². The zero-order valence-corrected chi connectivity index (χ0v) is 28.1. The second-order valence-corrected chi connectivity index (χ2v) is 12.9. The van der Waals surface area contributed by atoms with Gasteiger partial charge in [0.25, 0.3) is 0 Å². The van der Waals surface area contributed by atoms with Crippen molar-refractivity contribution in [3.05, 3.63) is 188 Å². The maximum atomic E-state index is 5.24. The number of aromatic nitrogens is 4. The molecule has 0 saturated heterocycles. The summed E-state index contributed by atoms with van der Waals surface area (Å²) < 4.78 is 2.28. The van der Waals surface area contributed by atoms with Gasteiger partial charge in [0.15, 0.2) is 5.82 Å². The van der Waals surface area contributed by atoms with Crippen molar-refractivity contribution < 1.29 is 0 Å². The molecule has 1 aliphatic rings. The van der Waals surface area contributed by atoms with Crippen LogP contribution in [0.1, 0.15) is 0 Å². The normalized spacial score (nSPS) is 11.8. The van der Waals surface area contributed by atoms with Gasteiger partial charge in [0.2, 0.25) is 5.95 Å². The Hall–Kier alpha value is -7.11. The predicted molar refractivity (Wildman–Crippen MR) is 212 cm³/mol. The minimum Gasteiger partial charge on any atom is -0.280 e. The maximum absolute atomic E-state index is 5.24. The number of hydrogen-bond acceptors (Lipinski definition) is 4. The van der Waals surface area contributed by atoms with E-state index in [0.717, 1.165) is 78.8 Å². The van der Waals surface area contributed by atoms with Crippen LogP contribution in [0.15, 0.2) is 188 Å². The SMILES string of the molecule is c1ccc(-c2nc(-c3ccc(N4c5ccccc5-c5ccccc5-n5c4nc4ccccc45)cc3)cc(-c3ccccc3-c3ccccc3)n2)cc1. The molecule has 0 saturated carbocycles. The summed E-state index contributed by atoms with van der Waals surface area (Å²) in [5.41, 5.74) is 14.6. The molecule has 0 bridgehead atoms. The van der Waals surface area contributed by atoms with E-state index in [1.807, 2.05) is 30.3 Å². The highest BCUT2D eigenvalue weighted by atomic mass is 15.3. The molecule has 0 fully saturated rings. The van der Waals surface area contributed by atoms with Gasteiger partial charge in [-0.2, -0.15) is 0 Å². The second kappa shape index (κ2) is 12.3. The minimum atomic E-state index is 0.688. The highest BCUT2D eigenvalue weighted by Crippen LogP contribution is 2.47. The number of hydrogen-bond donors (Lipinski definition) is 0. The zero-order valence-electron chi connectivity index (χ0n) is 28.1. The third kappa shape index (κ3) is 4.98. The lowest BCUT2D eigenvalue weighted by Gasteiger charge is -2.24. The Labute approximate surface area is 301 Å². The lowest BCUT2D eigenvalue weighted by Crippen LogP contribution is -2.14. The van der Waals surface area contributed by atoms with E-state index >= 15 is 0 Å². The largest absolute Gasteiger partial charge is 0.280 e. The van der Waals surface area contributed by atoms with Crippen molar-refractivity contribution in [2.75, 3.05) is 4.90 Å². The van der Waals surface area contributed by atoms with Crippen molar-refractivity contribution in [1.29, 1.82) is 0 Å². The van der Waals surface area contributed by atoms with Crippen LogP contribution in [0.25, 0.3) is 72.9 Å². The average molecular weight is 666 g/mol. The molecule has 0 N–H and O–H groups in total. The van der Waals surface area contributed by atoms with Gasteiger partial charge < -0.3 is 0 Å². The average Bonchev–Trinajstić information content (AvgIpc) is 3.55. The summed E-state index contributed by atoms with van der Waals surface area (Å²) in [6, 6.07) is 65.5. The maximum Gasteiger partial charge on any atom is 0.220 e. The van der Waals surface area contributed by atoms with Crippen molar-refractivity contribution in [3.8, 4) is 61.8 Å². The van der Waals surface area contributed by atoms with Crippen LogP contribution in [0.2, 0.25) is 0 Å². The summed E-state index contributed by atoms with van der Waals surface area (Å²) in [5.74, 6) is 1.53. The monoisotopic (exact) mass is 665 g/mol. The van der Waals surface area contributed by atoms with Crippen molar-refractivity contribution >= 4 is 28.4 Å². The number of imidazole rings is 1. The van der Waals surface area contributed by atoms with E-state index in [2.05, 4.69) is 167 Å². The van der Waals surface area contributed by atoms with Gasteiger partial charge in [-0.05, 0) is 53.6 Å². The quantitative estimate of drug-likeness (QED) is 0.184. The first-order valence-corrected chi connectivity index (χ1v) is 17.5. The molecule has 244 valence electrons. The predicted octanol–water partition coefficient (Wildman–Crippen LogP) is 11.9. The fourth-order valence-corrected chi connectivity index (χ4v) is 7.36. The number of benzene rings is 7. The highest BCUT2D eigenvalue weighted by molar-refractivity contribution is 5.96. The molecule has 0 amide bonds. The van der Waals surface area contributed by atoms with Crippen LogP contribution in [0, 0.1) is 0 Å².